The Morgan fingerprint density at radius 2 is 1.85 bits per heavy atom. The minimum absolute atomic E-state index is 0.253. The van der Waals surface area contributed by atoms with Crippen LogP contribution in [0, 0.1) is 0 Å². The summed E-state index contributed by atoms with van der Waals surface area (Å²) < 4.78 is 36.4. The van der Waals surface area contributed by atoms with Crippen molar-refractivity contribution >= 4 is 16.0 Å². The van der Waals surface area contributed by atoms with Crippen molar-refractivity contribution < 1.29 is 22.7 Å². The maximum absolute atomic E-state index is 12.7. The lowest BCUT2D eigenvalue weighted by atomic mass is 10.1. The molecule has 0 saturated carbocycles. The molecule has 0 unspecified atom stereocenters. The zero-order chi connectivity index (χ0) is 14.6. The lowest BCUT2D eigenvalue weighted by Crippen LogP contribution is -2.44. The number of esters is 1. The first-order valence-corrected chi connectivity index (χ1v) is 7.77. The third-order valence-electron chi connectivity index (χ3n) is 3.15. The van der Waals surface area contributed by atoms with Gasteiger partial charge in [0.25, 0.3) is 0 Å². The molecule has 110 valence electrons. The van der Waals surface area contributed by atoms with Crippen LogP contribution in [0.3, 0.4) is 0 Å². The molecule has 6 nitrogen and oxygen atoms in total. The fourth-order valence-corrected chi connectivity index (χ4v) is 3.91. The molecule has 0 aromatic heterocycles. The monoisotopic (exact) mass is 299 g/mol. The van der Waals surface area contributed by atoms with Gasteiger partial charge in [0.1, 0.15) is 0 Å². The number of morpholine rings is 1. The molecule has 7 heteroatoms. The Morgan fingerprint density at radius 3 is 2.40 bits per heavy atom. The van der Waals surface area contributed by atoms with E-state index >= 15 is 0 Å². The van der Waals surface area contributed by atoms with E-state index in [0.717, 1.165) is 0 Å². The third-order valence-corrected chi connectivity index (χ3v) is 5.29. The summed E-state index contributed by atoms with van der Waals surface area (Å²) in [5.41, 5.74) is 0.408. The van der Waals surface area contributed by atoms with Crippen molar-refractivity contribution in [3.05, 3.63) is 35.9 Å². The van der Waals surface area contributed by atoms with Crippen molar-refractivity contribution in [3.8, 4) is 0 Å². The Hall–Kier alpha value is -1.44. The van der Waals surface area contributed by atoms with Crippen molar-refractivity contribution in [2.24, 2.45) is 0 Å². The number of rotatable bonds is 4. The lowest BCUT2D eigenvalue weighted by molar-refractivity contribution is -0.140. The molecule has 1 aromatic carbocycles. The van der Waals surface area contributed by atoms with Crippen LogP contribution in [0.4, 0.5) is 0 Å². The van der Waals surface area contributed by atoms with Gasteiger partial charge < -0.3 is 9.47 Å². The number of ether oxygens (including phenoxy) is 2. The average molecular weight is 299 g/mol. The van der Waals surface area contributed by atoms with Gasteiger partial charge in [-0.15, -0.1) is 0 Å². The van der Waals surface area contributed by atoms with E-state index in [-0.39, 0.29) is 13.1 Å². The first kappa shape index (κ1) is 15.0. The van der Waals surface area contributed by atoms with Crippen LogP contribution in [0.15, 0.2) is 30.3 Å². The third kappa shape index (κ3) is 3.00. The van der Waals surface area contributed by atoms with Crippen molar-refractivity contribution in [1.82, 2.24) is 4.31 Å². The number of methoxy groups -OCH3 is 1. The number of benzene rings is 1. The van der Waals surface area contributed by atoms with Gasteiger partial charge in [0.05, 0.1) is 20.3 Å². The average Bonchev–Trinajstić information content (AvgIpc) is 2.49. The second-order valence-electron chi connectivity index (χ2n) is 4.37. The fraction of sp³-hybridized carbons (Fsp3) is 0.462. The summed E-state index contributed by atoms with van der Waals surface area (Å²) in [6.45, 7) is 1.18. The van der Waals surface area contributed by atoms with E-state index in [9.17, 15) is 13.2 Å². The summed E-state index contributed by atoms with van der Waals surface area (Å²) in [5.74, 6) is -0.775. The molecule has 0 spiro atoms. The quantitative estimate of drug-likeness (QED) is 0.760. The fourth-order valence-electron chi connectivity index (χ4n) is 2.11. The van der Waals surface area contributed by atoms with Crippen LogP contribution < -0.4 is 0 Å². The van der Waals surface area contributed by atoms with E-state index < -0.39 is 21.2 Å². The predicted molar refractivity (Wildman–Crippen MR) is 72.5 cm³/mol. The van der Waals surface area contributed by atoms with Gasteiger partial charge in [0, 0.05) is 13.1 Å². The highest BCUT2D eigenvalue weighted by Crippen LogP contribution is 2.27. The smallest absolute Gasteiger partial charge is 0.330 e. The summed E-state index contributed by atoms with van der Waals surface area (Å²) in [4.78, 5) is 11.9. The Kier molecular flexibility index (Phi) is 4.74. The van der Waals surface area contributed by atoms with Gasteiger partial charge in [0.2, 0.25) is 10.0 Å². The summed E-state index contributed by atoms with van der Waals surface area (Å²) >= 11 is 0. The van der Waals surface area contributed by atoms with Crippen molar-refractivity contribution in [1.29, 1.82) is 0 Å². The molecule has 1 heterocycles. The van der Waals surface area contributed by atoms with E-state index in [1.807, 2.05) is 0 Å². The molecular formula is C13H17NO5S. The topological polar surface area (TPSA) is 72.9 Å². The molecule has 0 N–H and O–H groups in total. The van der Waals surface area contributed by atoms with Gasteiger partial charge in [-0.3, -0.25) is 4.79 Å². The number of nitrogens with zero attached hydrogens (tertiary/aromatic N) is 1. The van der Waals surface area contributed by atoms with Crippen LogP contribution in [-0.2, 0) is 24.3 Å². The molecule has 1 aliphatic heterocycles. The van der Waals surface area contributed by atoms with Crippen LogP contribution in [0.5, 0.6) is 0 Å². The first-order chi connectivity index (χ1) is 9.57. The maximum atomic E-state index is 12.7. The Bertz CT molecular complexity index is 551. The second-order valence-corrected chi connectivity index (χ2v) is 6.39. The van der Waals surface area contributed by atoms with Crippen LogP contribution in [-0.4, -0.2) is 52.1 Å². The van der Waals surface area contributed by atoms with Gasteiger partial charge in [0.15, 0.2) is 5.25 Å². The largest absolute Gasteiger partial charge is 0.468 e. The van der Waals surface area contributed by atoms with Crippen LogP contribution >= 0.6 is 0 Å². The maximum Gasteiger partial charge on any atom is 0.330 e. The normalized spacial score (nSPS) is 18.4. The van der Waals surface area contributed by atoms with Crippen LogP contribution in [0.1, 0.15) is 10.8 Å². The summed E-state index contributed by atoms with van der Waals surface area (Å²) in [6.07, 6.45) is 0. The van der Waals surface area contributed by atoms with Gasteiger partial charge in [-0.1, -0.05) is 30.3 Å². The van der Waals surface area contributed by atoms with Gasteiger partial charge >= 0.3 is 5.97 Å². The standard InChI is InChI=1S/C13H17NO5S/c1-18-13(15)12(11-5-3-2-4-6-11)20(16,17)14-7-9-19-10-8-14/h2-6,12H,7-10H2,1H3/t12-/m1/s1. The highest BCUT2D eigenvalue weighted by molar-refractivity contribution is 7.90. The van der Waals surface area contributed by atoms with Gasteiger partial charge in [-0.25, -0.2) is 8.42 Å². The van der Waals surface area contributed by atoms with E-state index in [4.69, 9.17) is 4.74 Å². The Labute approximate surface area is 118 Å². The number of hydrogen-bond acceptors (Lipinski definition) is 5. The number of carbonyl (C=O) groups is 1. The Balaban J connectivity index is 2.38. The molecule has 1 saturated heterocycles. The molecular weight excluding hydrogens is 282 g/mol. The number of carbonyl (C=O) groups excluding carboxylic acids is 1. The molecule has 0 radical (unpaired) electrons. The first-order valence-electron chi connectivity index (χ1n) is 6.27. The lowest BCUT2D eigenvalue weighted by Gasteiger charge is -2.29. The van der Waals surface area contributed by atoms with E-state index in [1.165, 1.54) is 11.4 Å². The van der Waals surface area contributed by atoms with E-state index in [1.54, 1.807) is 30.3 Å². The van der Waals surface area contributed by atoms with Crippen LogP contribution in [0.25, 0.3) is 0 Å². The number of sulfonamides is 1. The molecule has 1 aromatic rings. The molecule has 0 bridgehead atoms. The molecule has 0 aliphatic carbocycles. The highest BCUT2D eigenvalue weighted by Gasteiger charge is 2.40. The molecule has 1 aliphatic rings. The van der Waals surface area contributed by atoms with Gasteiger partial charge in [-0.05, 0) is 5.56 Å². The van der Waals surface area contributed by atoms with Gasteiger partial charge in [-0.2, -0.15) is 4.31 Å². The molecule has 1 fully saturated rings. The van der Waals surface area contributed by atoms with E-state index in [0.29, 0.717) is 18.8 Å². The molecule has 0 amide bonds. The minimum atomic E-state index is -3.81. The van der Waals surface area contributed by atoms with Crippen molar-refractivity contribution in [2.45, 2.75) is 5.25 Å². The second kappa shape index (κ2) is 6.34. The van der Waals surface area contributed by atoms with Crippen molar-refractivity contribution in [3.63, 3.8) is 0 Å². The highest BCUT2D eigenvalue weighted by atomic mass is 32.2. The minimum Gasteiger partial charge on any atom is -0.468 e. The summed E-state index contributed by atoms with van der Waals surface area (Å²) in [7, 11) is -2.62. The van der Waals surface area contributed by atoms with Crippen molar-refractivity contribution in [2.75, 3.05) is 33.4 Å². The summed E-state index contributed by atoms with van der Waals surface area (Å²) in [5, 5.41) is -1.33. The Morgan fingerprint density at radius 1 is 1.25 bits per heavy atom. The summed E-state index contributed by atoms with van der Waals surface area (Å²) in [6, 6.07) is 8.37. The SMILES string of the molecule is COC(=O)[C@@H](c1ccccc1)S(=O)(=O)N1CCOCC1. The van der Waals surface area contributed by atoms with E-state index in [2.05, 4.69) is 4.74 Å². The van der Waals surface area contributed by atoms with Crippen LogP contribution in [0.2, 0.25) is 0 Å². The molecule has 1 atom stereocenters. The molecule has 2 rings (SSSR count). The number of hydrogen-bond donors (Lipinski definition) is 0. The zero-order valence-corrected chi connectivity index (χ0v) is 12.0. The zero-order valence-electron chi connectivity index (χ0n) is 11.2. The molecule has 20 heavy (non-hydrogen) atoms. The predicted octanol–water partition coefficient (Wildman–Crippen LogP) is 0.563.